The van der Waals surface area contributed by atoms with E-state index < -0.39 is 7.55 Å². The Balaban J connectivity index is 1.93. The molecule has 2 aromatic carbocycles. The van der Waals surface area contributed by atoms with Crippen LogP contribution in [0.15, 0.2) is 66.7 Å². The zero-order valence-corrected chi connectivity index (χ0v) is 13.7. The summed E-state index contributed by atoms with van der Waals surface area (Å²) in [6.45, 7) is 5.49. The lowest BCUT2D eigenvalue weighted by Crippen LogP contribution is -2.04. The van der Waals surface area contributed by atoms with Crippen molar-refractivity contribution >= 4 is 25.1 Å². The number of rotatable bonds is 6. The van der Waals surface area contributed by atoms with Crippen LogP contribution in [-0.2, 0) is 22.3 Å². The predicted molar refractivity (Wildman–Crippen MR) is 94.9 cm³/mol. The molecule has 3 heteroatoms. The lowest BCUT2D eigenvalue weighted by atomic mass is 10.2. The fourth-order valence-electron chi connectivity index (χ4n) is 1.96. The zero-order chi connectivity index (χ0) is 15.9. The van der Waals surface area contributed by atoms with Crippen molar-refractivity contribution in [2.45, 2.75) is 19.7 Å². The summed E-state index contributed by atoms with van der Waals surface area (Å²) >= 11 is 0. The summed E-state index contributed by atoms with van der Waals surface area (Å²) in [6, 6.07) is 18.5. The number of hydrogen-bond donors (Lipinski definition) is 0. The summed E-state index contributed by atoms with van der Waals surface area (Å²) in [5.74, 6) is -0.352. The van der Waals surface area contributed by atoms with Crippen molar-refractivity contribution < 1.29 is 9.53 Å². The Morgan fingerprint density at radius 3 is 2.23 bits per heavy atom. The Morgan fingerprint density at radius 2 is 1.64 bits per heavy atom. The molecule has 0 radical (unpaired) electrons. The molecule has 0 amide bonds. The van der Waals surface area contributed by atoms with Crippen molar-refractivity contribution in [3.63, 3.8) is 0 Å². The maximum absolute atomic E-state index is 11.4. The highest BCUT2D eigenvalue weighted by atomic mass is 31.1. The van der Waals surface area contributed by atoms with Gasteiger partial charge in [-0.3, -0.25) is 0 Å². The molecule has 112 valence electrons. The van der Waals surface area contributed by atoms with Gasteiger partial charge in [-0.15, -0.1) is 0 Å². The van der Waals surface area contributed by atoms with Crippen LogP contribution in [-0.4, -0.2) is 12.3 Å². The highest BCUT2D eigenvalue weighted by molar-refractivity contribution is 7.62. The minimum Gasteiger partial charge on any atom is -0.457 e. The van der Waals surface area contributed by atoms with Gasteiger partial charge < -0.3 is 4.74 Å². The van der Waals surface area contributed by atoms with Crippen LogP contribution in [0, 0.1) is 0 Å². The predicted octanol–water partition coefficient (Wildman–Crippen LogP) is 4.05. The highest BCUT2D eigenvalue weighted by Crippen LogP contribution is 2.25. The first kappa shape index (κ1) is 16.2. The largest absolute Gasteiger partial charge is 0.457 e. The second-order valence-corrected chi connectivity index (χ2v) is 7.12. The van der Waals surface area contributed by atoms with E-state index in [2.05, 4.69) is 49.3 Å². The molecule has 2 rings (SSSR count). The first-order valence-electron chi connectivity index (χ1n) is 7.10. The second kappa shape index (κ2) is 7.72. The van der Waals surface area contributed by atoms with Crippen LogP contribution in [0.3, 0.4) is 0 Å². The van der Waals surface area contributed by atoms with Crippen LogP contribution in [0.25, 0.3) is 0 Å². The van der Waals surface area contributed by atoms with E-state index >= 15 is 0 Å². The maximum atomic E-state index is 11.4. The van der Waals surface area contributed by atoms with E-state index in [1.807, 2.05) is 18.2 Å². The molecule has 0 bridgehead atoms. The molecular formula is C19H20O2P+. The number of ether oxygens (including phenoxy) is 1. The topological polar surface area (TPSA) is 26.3 Å². The molecule has 1 unspecified atom stereocenters. The third kappa shape index (κ3) is 4.68. The molecule has 0 fully saturated rings. The smallest absolute Gasteiger partial charge is 0.333 e. The van der Waals surface area contributed by atoms with Gasteiger partial charge in [0.2, 0.25) is 0 Å². The van der Waals surface area contributed by atoms with Crippen LogP contribution in [0.5, 0.6) is 0 Å². The maximum Gasteiger partial charge on any atom is 0.333 e. The number of esters is 1. The van der Waals surface area contributed by atoms with Crippen LogP contribution >= 0.6 is 7.55 Å². The van der Waals surface area contributed by atoms with E-state index in [9.17, 15) is 4.79 Å². The lowest BCUT2D eigenvalue weighted by molar-refractivity contribution is -0.140. The summed E-state index contributed by atoms with van der Waals surface area (Å²) in [5.41, 5.74) is 2.65. The molecule has 22 heavy (non-hydrogen) atoms. The molecule has 1 atom stereocenters. The molecule has 0 N–H and O–H groups in total. The van der Waals surface area contributed by atoms with Gasteiger partial charge in [-0.25, -0.2) is 4.79 Å². The molecule has 0 saturated heterocycles. The van der Waals surface area contributed by atoms with Crippen molar-refractivity contribution in [3.05, 3.63) is 77.9 Å². The SMILES string of the molecule is C=C(C)C(=O)OCc1ccc(C[P+](=C)c2ccccc2)cc1. The molecule has 2 nitrogen and oxygen atoms in total. The molecule has 0 heterocycles. The molecule has 0 aliphatic heterocycles. The molecule has 0 saturated carbocycles. The minimum absolute atomic E-state index is 0.282. The second-order valence-electron chi connectivity index (χ2n) is 5.21. The number of carbonyl (C=O) groups is 1. The average molecular weight is 311 g/mol. The first-order valence-corrected chi connectivity index (χ1v) is 8.81. The molecule has 0 aliphatic carbocycles. The summed E-state index contributed by atoms with van der Waals surface area (Å²) < 4.78 is 5.13. The Hall–Kier alpha value is -2.18. The number of benzene rings is 2. The van der Waals surface area contributed by atoms with E-state index in [1.165, 1.54) is 10.9 Å². The average Bonchev–Trinajstić information content (AvgIpc) is 2.54. The normalized spacial score (nSPS) is 10.9. The fraction of sp³-hybridized carbons (Fsp3) is 0.158. The van der Waals surface area contributed by atoms with E-state index in [-0.39, 0.29) is 12.6 Å². The summed E-state index contributed by atoms with van der Waals surface area (Å²) in [4.78, 5) is 11.4. The molecular weight excluding hydrogens is 291 g/mol. The van der Waals surface area contributed by atoms with Crippen molar-refractivity contribution in [2.75, 3.05) is 0 Å². The van der Waals surface area contributed by atoms with Crippen LogP contribution < -0.4 is 5.30 Å². The minimum atomic E-state index is -0.435. The summed E-state index contributed by atoms with van der Waals surface area (Å²) in [5, 5.41) is 1.30. The Bertz CT molecular complexity index is 672. The Labute approximate surface area is 132 Å². The van der Waals surface area contributed by atoms with Gasteiger partial charge in [0.25, 0.3) is 0 Å². The van der Waals surface area contributed by atoms with Gasteiger partial charge in [-0.2, -0.15) is 0 Å². The molecule has 2 aromatic rings. The van der Waals surface area contributed by atoms with E-state index in [0.29, 0.717) is 5.57 Å². The van der Waals surface area contributed by atoms with Crippen molar-refractivity contribution in [3.8, 4) is 0 Å². The molecule has 0 aromatic heterocycles. The molecule has 0 aliphatic rings. The summed E-state index contributed by atoms with van der Waals surface area (Å²) in [6.07, 6.45) is 5.24. The van der Waals surface area contributed by atoms with Gasteiger partial charge in [-0.05, 0) is 30.2 Å². The van der Waals surface area contributed by atoms with Crippen molar-refractivity contribution in [2.24, 2.45) is 0 Å². The standard InChI is InChI=1S/C19H20O2P/c1-15(2)19(20)21-13-16-9-11-17(12-10-16)14-22(3)18-7-5-4-6-8-18/h4-12H,1,3,13-14H2,2H3/q+1. The van der Waals surface area contributed by atoms with Crippen molar-refractivity contribution in [1.29, 1.82) is 0 Å². The van der Waals surface area contributed by atoms with Crippen LogP contribution in [0.1, 0.15) is 18.1 Å². The van der Waals surface area contributed by atoms with E-state index in [4.69, 9.17) is 4.74 Å². The number of hydrogen-bond acceptors (Lipinski definition) is 2. The first-order chi connectivity index (χ1) is 10.6. The monoisotopic (exact) mass is 311 g/mol. The lowest BCUT2D eigenvalue weighted by Gasteiger charge is -2.05. The third-order valence-corrected chi connectivity index (χ3v) is 5.01. The van der Waals surface area contributed by atoms with Gasteiger partial charge in [0.15, 0.2) is 0 Å². The van der Waals surface area contributed by atoms with Gasteiger partial charge in [0.1, 0.15) is 25.6 Å². The summed E-state index contributed by atoms with van der Waals surface area (Å²) in [7, 11) is -0.435. The van der Waals surface area contributed by atoms with Crippen LogP contribution in [0.2, 0.25) is 0 Å². The molecule has 0 spiro atoms. The van der Waals surface area contributed by atoms with E-state index in [0.717, 1.165) is 11.7 Å². The number of carbonyl (C=O) groups excluding carboxylic acids is 1. The van der Waals surface area contributed by atoms with Gasteiger partial charge in [0, 0.05) is 5.57 Å². The van der Waals surface area contributed by atoms with Crippen molar-refractivity contribution in [1.82, 2.24) is 0 Å². The Kier molecular flexibility index (Phi) is 5.68. The van der Waals surface area contributed by atoms with Gasteiger partial charge in [0.05, 0.1) is 6.30 Å². The Morgan fingerprint density at radius 1 is 1.05 bits per heavy atom. The quantitative estimate of drug-likeness (QED) is 0.457. The zero-order valence-electron chi connectivity index (χ0n) is 12.8. The van der Waals surface area contributed by atoms with Gasteiger partial charge in [-0.1, -0.05) is 49.0 Å². The third-order valence-electron chi connectivity index (χ3n) is 3.24. The highest BCUT2D eigenvalue weighted by Gasteiger charge is 2.11. The van der Waals surface area contributed by atoms with E-state index in [1.54, 1.807) is 6.92 Å². The fourth-order valence-corrected chi connectivity index (χ4v) is 3.39. The van der Waals surface area contributed by atoms with Gasteiger partial charge >= 0.3 is 5.97 Å². The van der Waals surface area contributed by atoms with Crippen LogP contribution in [0.4, 0.5) is 0 Å².